The fourth-order valence-electron chi connectivity index (χ4n) is 2.77. The van der Waals surface area contributed by atoms with Crippen LogP contribution in [0.3, 0.4) is 0 Å². The number of carboxylic acids is 1. The number of anilines is 1. The number of hydrogen-bond donors (Lipinski definition) is 4. The summed E-state index contributed by atoms with van der Waals surface area (Å²) in [4.78, 5) is 50.6. The molecule has 1 aromatic heterocycles. The highest BCUT2D eigenvalue weighted by molar-refractivity contribution is 5.96. The molecule has 1 amide bonds. The molecule has 0 fully saturated rings. The van der Waals surface area contributed by atoms with E-state index in [0.717, 1.165) is 10.6 Å². The number of carbonyl (C=O) groups is 2. The Balaban J connectivity index is 2.03. The van der Waals surface area contributed by atoms with Crippen molar-refractivity contribution in [3.05, 3.63) is 68.6 Å². The normalized spacial score (nSPS) is 11.8. The number of aromatic nitrogens is 2. The first-order valence-electron chi connectivity index (χ1n) is 8.53. The fraction of sp³-hybridized carbons (Fsp3) is 0.158. The minimum atomic E-state index is -1.18. The molecular weight excluding hydrogens is 383 g/mol. The van der Waals surface area contributed by atoms with Gasteiger partial charge in [0.05, 0.1) is 22.3 Å². The summed E-state index contributed by atoms with van der Waals surface area (Å²) >= 11 is 0. The molecule has 0 aliphatic heterocycles. The van der Waals surface area contributed by atoms with Crippen LogP contribution < -0.4 is 21.9 Å². The van der Waals surface area contributed by atoms with Crippen LogP contribution in [0.1, 0.15) is 17.3 Å². The zero-order valence-corrected chi connectivity index (χ0v) is 15.4. The molecule has 0 aliphatic rings. The van der Waals surface area contributed by atoms with Crippen LogP contribution in [0.2, 0.25) is 0 Å². The van der Waals surface area contributed by atoms with E-state index in [4.69, 9.17) is 5.11 Å². The minimum absolute atomic E-state index is 0.0156. The van der Waals surface area contributed by atoms with Crippen molar-refractivity contribution in [2.24, 2.45) is 0 Å². The smallest absolute Gasteiger partial charge is 0.333 e. The van der Waals surface area contributed by atoms with Gasteiger partial charge in [0.15, 0.2) is 0 Å². The SMILES string of the molecule is CNc1cc2[nH]c(=O)n(-c3ccc(C(=O)NC(C)C(=O)O)cc3)c(=O)c2cc1F. The van der Waals surface area contributed by atoms with E-state index in [2.05, 4.69) is 15.6 Å². The monoisotopic (exact) mass is 400 g/mol. The average molecular weight is 400 g/mol. The number of hydrogen-bond acceptors (Lipinski definition) is 5. The lowest BCUT2D eigenvalue weighted by atomic mass is 10.1. The summed E-state index contributed by atoms with van der Waals surface area (Å²) in [6.07, 6.45) is 0. The van der Waals surface area contributed by atoms with Crippen molar-refractivity contribution in [1.29, 1.82) is 0 Å². The van der Waals surface area contributed by atoms with E-state index in [1.807, 2.05) is 0 Å². The number of nitrogens with zero attached hydrogens (tertiary/aromatic N) is 1. The number of benzene rings is 2. The number of aromatic amines is 1. The predicted molar refractivity (Wildman–Crippen MR) is 104 cm³/mol. The summed E-state index contributed by atoms with van der Waals surface area (Å²) in [5.41, 5.74) is -0.817. The largest absolute Gasteiger partial charge is 0.480 e. The molecule has 0 saturated carbocycles. The Kier molecular flexibility index (Phi) is 5.18. The summed E-state index contributed by atoms with van der Waals surface area (Å²) in [6.45, 7) is 1.32. The first-order chi connectivity index (χ1) is 13.7. The van der Waals surface area contributed by atoms with E-state index >= 15 is 0 Å². The Morgan fingerprint density at radius 3 is 2.41 bits per heavy atom. The molecule has 3 rings (SSSR count). The third-order valence-electron chi connectivity index (χ3n) is 4.36. The van der Waals surface area contributed by atoms with Gasteiger partial charge in [-0.2, -0.15) is 0 Å². The number of H-pyrrole nitrogens is 1. The van der Waals surface area contributed by atoms with Crippen molar-refractivity contribution in [3.63, 3.8) is 0 Å². The molecule has 1 atom stereocenters. The number of carboxylic acid groups (broad SMARTS) is 1. The Labute approximate surface area is 162 Å². The average Bonchev–Trinajstić information content (AvgIpc) is 2.68. The van der Waals surface area contributed by atoms with Gasteiger partial charge in [-0.1, -0.05) is 0 Å². The number of amides is 1. The summed E-state index contributed by atoms with van der Waals surface area (Å²) in [7, 11) is 1.51. The van der Waals surface area contributed by atoms with E-state index in [1.165, 1.54) is 44.3 Å². The molecule has 1 heterocycles. The van der Waals surface area contributed by atoms with Crippen molar-refractivity contribution in [2.75, 3.05) is 12.4 Å². The van der Waals surface area contributed by atoms with E-state index in [9.17, 15) is 23.6 Å². The third-order valence-corrected chi connectivity index (χ3v) is 4.36. The van der Waals surface area contributed by atoms with Crippen molar-refractivity contribution in [1.82, 2.24) is 14.9 Å². The van der Waals surface area contributed by atoms with Gasteiger partial charge in [0.1, 0.15) is 11.9 Å². The second-order valence-corrected chi connectivity index (χ2v) is 6.28. The van der Waals surface area contributed by atoms with Gasteiger partial charge < -0.3 is 20.7 Å². The number of aliphatic carboxylic acids is 1. The number of nitrogens with one attached hydrogen (secondary N) is 3. The van der Waals surface area contributed by atoms with Gasteiger partial charge in [-0.05, 0) is 43.3 Å². The van der Waals surface area contributed by atoms with Gasteiger partial charge in [-0.15, -0.1) is 0 Å². The van der Waals surface area contributed by atoms with Gasteiger partial charge >= 0.3 is 11.7 Å². The van der Waals surface area contributed by atoms with Crippen LogP contribution in [0, 0.1) is 5.82 Å². The number of carbonyl (C=O) groups excluding carboxylic acids is 1. The molecule has 3 aromatic rings. The van der Waals surface area contributed by atoms with Crippen LogP contribution in [0.15, 0.2) is 46.0 Å². The number of rotatable bonds is 5. The number of fused-ring (bicyclic) bond motifs is 1. The van der Waals surface area contributed by atoms with Crippen LogP contribution in [0.5, 0.6) is 0 Å². The van der Waals surface area contributed by atoms with Crippen LogP contribution in [0.4, 0.5) is 10.1 Å². The van der Waals surface area contributed by atoms with E-state index in [0.29, 0.717) is 0 Å². The second-order valence-electron chi connectivity index (χ2n) is 6.28. The Bertz CT molecular complexity index is 1230. The van der Waals surface area contributed by atoms with Crippen LogP contribution in [0.25, 0.3) is 16.6 Å². The molecule has 1 unspecified atom stereocenters. The van der Waals surface area contributed by atoms with Crippen molar-refractivity contribution in [2.45, 2.75) is 13.0 Å². The molecule has 150 valence electrons. The van der Waals surface area contributed by atoms with Gasteiger partial charge in [0.25, 0.3) is 11.5 Å². The lowest BCUT2D eigenvalue weighted by Crippen LogP contribution is -2.38. The van der Waals surface area contributed by atoms with E-state index in [1.54, 1.807) is 0 Å². The van der Waals surface area contributed by atoms with Crippen LogP contribution >= 0.6 is 0 Å². The third kappa shape index (κ3) is 3.72. The van der Waals surface area contributed by atoms with Gasteiger partial charge in [0, 0.05) is 12.6 Å². The standard InChI is InChI=1S/C19H17FN4O5/c1-9(18(27)28)22-16(25)10-3-5-11(6-4-10)24-17(26)12-7-13(20)15(21-2)8-14(12)23-19(24)29/h3-9,21H,1-2H3,(H,22,25)(H,23,29)(H,27,28). The maximum atomic E-state index is 14.0. The molecule has 4 N–H and O–H groups in total. The first-order valence-corrected chi connectivity index (χ1v) is 8.53. The molecule has 0 saturated heterocycles. The molecule has 0 radical (unpaired) electrons. The van der Waals surface area contributed by atoms with Crippen molar-refractivity contribution >= 4 is 28.5 Å². The predicted octanol–water partition coefficient (Wildman–Crippen LogP) is 1.06. The zero-order chi connectivity index (χ0) is 21.3. The van der Waals surface area contributed by atoms with Gasteiger partial charge in [0.2, 0.25) is 0 Å². The first kappa shape index (κ1) is 19.8. The lowest BCUT2D eigenvalue weighted by Gasteiger charge is -2.11. The molecule has 2 aromatic carbocycles. The summed E-state index contributed by atoms with van der Waals surface area (Å²) in [5, 5.41) is 13.8. The molecule has 0 aliphatic carbocycles. The van der Waals surface area contributed by atoms with Gasteiger partial charge in [-0.25, -0.2) is 13.8 Å². The fourth-order valence-corrected chi connectivity index (χ4v) is 2.77. The minimum Gasteiger partial charge on any atom is -0.480 e. The Morgan fingerprint density at radius 2 is 1.83 bits per heavy atom. The maximum absolute atomic E-state index is 14.0. The molecular formula is C19H17FN4O5. The molecule has 0 bridgehead atoms. The zero-order valence-electron chi connectivity index (χ0n) is 15.4. The lowest BCUT2D eigenvalue weighted by molar-refractivity contribution is -0.138. The quantitative estimate of drug-likeness (QED) is 0.506. The highest BCUT2D eigenvalue weighted by Gasteiger charge is 2.16. The van der Waals surface area contributed by atoms with Gasteiger partial charge in [-0.3, -0.25) is 14.4 Å². The van der Waals surface area contributed by atoms with Crippen LogP contribution in [-0.2, 0) is 4.79 Å². The molecule has 10 heteroatoms. The van der Waals surface area contributed by atoms with Crippen LogP contribution in [-0.4, -0.2) is 39.6 Å². The van der Waals surface area contributed by atoms with Crippen molar-refractivity contribution in [3.8, 4) is 5.69 Å². The highest BCUT2D eigenvalue weighted by atomic mass is 19.1. The molecule has 9 nitrogen and oxygen atoms in total. The number of halogens is 1. The summed E-state index contributed by atoms with van der Waals surface area (Å²) < 4.78 is 14.9. The highest BCUT2D eigenvalue weighted by Crippen LogP contribution is 2.18. The topological polar surface area (TPSA) is 133 Å². The Hall–Kier alpha value is -3.95. The Morgan fingerprint density at radius 1 is 1.17 bits per heavy atom. The second kappa shape index (κ2) is 7.58. The van der Waals surface area contributed by atoms with E-state index < -0.39 is 35.0 Å². The molecule has 0 spiro atoms. The summed E-state index contributed by atoms with van der Waals surface area (Å²) in [6, 6.07) is 6.70. The maximum Gasteiger partial charge on any atom is 0.333 e. The molecule has 29 heavy (non-hydrogen) atoms. The van der Waals surface area contributed by atoms with Crippen molar-refractivity contribution < 1.29 is 19.1 Å². The summed E-state index contributed by atoms with van der Waals surface area (Å²) in [5.74, 6) is -2.44. The van der Waals surface area contributed by atoms with E-state index in [-0.39, 0.29) is 27.8 Å².